The highest BCUT2D eigenvalue weighted by atomic mass is 32.2. The topological polar surface area (TPSA) is 86.8 Å². The van der Waals surface area contributed by atoms with Gasteiger partial charge in [-0.15, -0.1) is 0 Å². The van der Waals surface area contributed by atoms with Crippen molar-refractivity contribution in [3.8, 4) is 0 Å². The van der Waals surface area contributed by atoms with E-state index in [9.17, 15) is 18.0 Å². The number of para-hydroxylation sites is 1. The lowest BCUT2D eigenvalue weighted by Gasteiger charge is -2.34. The Kier molecular flexibility index (Phi) is 11.3. The zero-order valence-electron chi connectivity index (χ0n) is 24.0. The third kappa shape index (κ3) is 8.68. The molecule has 0 aliphatic carbocycles. The van der Waals surface area contributed by atoms with Crippen LogP contribution in [0.15, 0.2) is 78.9 Å². The minimum atomic E-state index is -3.79. The van der Waals surface area contributed by atoms with Crippen LogP contribution in [0.3, 0.4) is 0 Å². The number of benzene rings is 3. The summed E-state index contributed by atoms with van der Waals surface area (Å²) in [6.07, 6.45) is 3.78. The van der Waals surface area contributed by atoms with Gasteiger partial charge in [-0.3, -0.25) is 13.9 Å². The number of nitrogens with one attached hydrogen (secondary N) is 1. The van der Waals surface area contributed by atoms with Gasteiger partial charge in [0.15, 0.2) is 0 Å². The predicted molar refractivity (Wildman–Crippen MR) is 162 cm³/mol. The Labute approximate surface area is 239 Å². The molecule has 0 saturated carbocycles. The normalized spacial score (nSPS) is 12.0. The molecule has 0 spiro atoms. The number of hydrogen-bond acceptors (Lipinski definition) is 4. The lowest BCUT2D eigenvalue weighted by atomic mass is 10.0. The fourth-order valence-corrected chi connectivity index (χ4v) is 5.48. The monoisotopic (exact) mass is 563 g/mol. The summed E-state index contributed by atoms with van der Waals surface area (Å²) < 4.78 is 27.2. The first kappa shape index (κ1) is 30.9. The number of unbranched alkanes of at least 4 members (excludes halogenated alkanes) is 1. The average Bonchev–Trinajstić information content (AvgIpc) is 2.94. The van der Waals surface area contributed by atoms with Crippen LogP contribution in [-0.2, 0) is 39.0 Å². The predicted octanol–water partition coefficient (Wildman–Crippen LogP) is 4.88. The van der Waals surface area contributed by atoms with E-state index in [0.717, 1.165) is 45.7 Å². The van der Waals surface area contributed by atoms with E-state index in [1.165, 1.54) is 4.90 Å². The van der Waals surface area contributed by atoms with E-state index in [-0.39, 0.29) is 12.5 Å². The van der Waals surface area contributed by atoms with Crippen LogP contribution in [0.2, 0.25) is 0 Å². The van der Waals surface area contributed by atoms with Crippen molar-refractivity contribution in [2.75, 3.05) is 23.7 Å². The van der Waals surface area contributed by atoms with Gasteiger partial charge >= 0.3 is 0 Å². The van der Waals surface area contributed by atoms with Crippen molar-refractivity contribution >= 4 is 27.5 Å². The number of amides is 2. The summed E-state index contributed by atoms with van der Waals surface area (Å²) in [5.41, 5.74) is 4.15. The third-order valence-corrected chi connectivity index (χ3v) is 8.02. The molecule has 214 valence electrons. The molecule has 1 N–H and O–H groups in total. The molecule has 7 nitrogen and oxygen atoms in total. The SMILES string of the molecule is CCCCNC(=O)[C@@H](Cc1ccccc1)N(Cc1ccc(C)cc1)C(=O)CN(c1ccccc1CC)S(C)(=O)=O. The zero-order valence-corrected chi connectivity index (χ0v) is 24.8. The van der Waals surface area contributed by atoms with Gasteiger partial charge in [0.05, 0.1) is 11.9 Å². The summed E-state index contributed by atoms with van der Waals surface area (Å²) >= 11 is 0. The van der Waals surface area contributed by atoms with Crippen molar-refractivity contribution in [2.45, 2.75) is 59.0 Å². The van der Waals surface area contributed by atoms with Crippen LogP contribution in [0.1, 0.15) is 48.9 Å². The second kappa shape index (κ2) is 14.7. The van der Waals surface area contributed by atoms with Crippen molar-refractivity contribution in [1.29, 1.82) is 0 Å². The summed E-state index contributed by atoms with van der Waals surface area (Å²) in [5.74, 6) is -0.693. The van der Waals surface area contributed by atoms with Gasteiger partial charge in [0, 0.05) is 19.5 Å². The summed E-state index contributed by atoms with van der Waals surface area (Å²) in [6, 6.07) is 23.8. The van der Waals surface area contributed by atoms with Crippen LogP contribution < -0.4 is 9.62 Å². The molecule has 0 unspecified atom stereocenters. The van der Waals surface area contributed by atoms with E-state index in [1.54, 1.807) is 12.1 Å². The number of anilines is 1. The van der Waals surface area contributed by atoms with Crippen LogP contribution in [-0.4, -0.2) is 50.5 Å². The van der Waals surface area contributed by atoms with Gasteiger partial charge in [-0.1, -0.05) is 98.6 Å². The molecule has 0 aromatic heterocycles. The number of hydrogen-bond donors (Lipinski definition) is 1. The van der Waals surface area contributed by atoms with E-state index >= 15 is 0 Å². The lowest BCUT2D eigenvalue weighted by molar-refractivity contribution is -0.140. The molecule has 8 heteroatoms. The Morgan fingerprint density at radius 2 is 1.52 bits per heavy atom. The first-order valence-electron chi connectivity index (χ1n) is 13.9. The highest BCUT2D eigenvalue weighted by molar-refractivity contribution is 7.92. The molecule has 0 radical (unpaired) electrons. The molecule has 40 heavy (non-hydrogen) atoms. The highest BCUT2D eigenvalue weighted by Gasteiger charge is 2.33. The van der Waals surface area contributed by atoms with Gasteiger partial charge in [-0.25, -0.2) is 8.42 Å². The second-order valence-electron chi connectivity index (χ2n) is 10.1. The largest absolute Gasteiger partial charge is 0.354 e. The van der Waals surface area contributed by atoms with Crippen molar-refractivity contribution < 1.29 is 18.0 Å². The molecule has 3 rings (SSSR count). The Balaban J connectivity index is 2.05. The van der Waals surface area contributed by atoms with Crippen LogP contribution in [0.5, 0.6) is 0 Å². The quantitative estimate of drug-likeness (QED) is 0.283. The molecular weight excluding hydrogens is 522 g/mol. The maximum Gasteiger partial charge on any atom is 0.244 e. The van der Waals surface area contributed by atoms with Crippen molar-refractivity contribution in [2.24, 2.45) is 0 Å². The van der Waals surface area contributed by atoms with Crippen LogP contribution in [0.4, 0.5) is 5.69 Å². The number of rotatable bonds is 14. The number of aryl methyl sites for hydroxylation is 2. The number of sulfonamides is 1. The van der Waals surface area contributed by atoms with E-state index in [0.29, 0.717) is 25.1 Å². The first-order chi connectivity index (χ1) is 19.1. The highest BCUT2D eigenvalue weighted by Crippen LogP contribution is 2.24. The lowest BCUT2D eigenvalue weighted by Crippen LogP contribution is -2.53. The van der Waals surface area contributed by atoms with Gasteiger partial charge in [0.2, 0.25) is 21.8 Å². The van der Waals surface area contributed by atoms with Gasteiger partial charge in [0.25, 0.3) is 0 Å². The first-order valence-corrected chi connectivity index (χ1v) is 15.7. The minimum Gasteiger partial charge on any atom is -0.354 e. The number of carbonyl (C=O) groups excluding carboxylic acids is 2. The molecule has 1 atom stereocenters. The number of carbonyl (C=O) groups is 2. The summed E-state index contributed by atoms with van der Waals surface area (Å²) in [7, 11) is -3.79. The summed E-state index contributed by atoms with van der Waals surface area (Å²) in [6.45, 7) is 6.25. The molecule has 2 amide bonds. The van der Waals surface area contributed by atoms with Crippen LogP contribution >= 0.6 is 0 Å². The number of nitrogens with zero attached hydrogens (tertiary/aromatic N) is 2. The van der Waals surface area contributed by atoms with Crippen molar-refractivity contribution in [3.05, 3.63) is 101 Å². The summed E-state index contributed by atoms with van der Waals surface area (Å²) in [4.78, 5) is 29.3. The van der Waals surface area contributed by atoms with E-state index in [1.807, 2.05) is 80.6 Å². The average molecular weight is 564 g/mol. The smallest absolute Gasteiger partial charge is 0.244 e. The van der Waals surface area contributed by atoms with Crippen molar-refractivity contribution in [3.63, 3.8) is 0 Å². The van der Waals surface area contributed by atoms with Gasteiger partial charge < -0.3 is 10.2 Å². The van der Waals surface area contributed by atoms with E-state index in [2.05, 4.69) is 12.2 Å². The third-order valence-electron chi connectivity index (χ3n) is 6.89. The fraction of sp³-hybridized carbons (Fsp3) is 0.375. The van der Waals surface area contributed by atoms with E-state index in [4.69, 9.17) is 0 Å². The Morgan fingerprint density at radius 3 is 2.15 bits per heavy atom. The molecule has 3 aromatic carbocycles. The molecule has 0 saturated heterocycles. The van der Waals surface area contributed by atoms with Crippen molar-refractivity contribution in [1.82, 2.24) is 10.2 Å². The molecular formula is C32H41N3O4S. The van der Waals surface area contributed by atoms with Gasteiger partial charge in [0.1, 0.15) is 12.6 Å². The maximum absolute atomic E-state index is 14.2. The molecule has 0 aliphatic heterocycles. The Hall–Kier alpha value is -3.65. The molecule has 3 aromatic rings. The van der Waals surface area contributed by atoms with Gasteiger partial charge in [-0.2, -0.15) is 0 Å². The zero-order chi connectivity index (χ0) is 29.1. The maximum atomic E-state index is 14.2. The Morgan fingerprint density at radius 1 is 0.875 bits per heavy atom. The molecule has 0 aliphatic rings. The molecule has 0 fully saturated rings. The molecule has 0 bridgehead atoms. The van der Waals surface area contributed by atoms with Crippen LogP contribution in [0, 0.1) is 6.92 Å². The second-order valence-corrected chi connectivity index (χ2v) is 12.0. The van der Waals surface area contributed by atoms with Crippen LogP contribution in [0.25, 0.3) is 0 Å². The molecule has 0 heterocycles. The van der Waals surface area contributed by atoms with Gasteiger partial charge in [-0.05, 0) is 42.5 Å². The fourth-order valence-electron chi connectivity index (χ4n) is 4.60. The van der Waals surface area contributed by atoms with E-state index < -0.39 is 28.5 Å². The Bertz CT molecular complexity index is 1360. The summed E-state index contributed by atoms with van der Waals surface area (Å²) in [5, 5.41) is 3.00. The minimum absolute atomic E-state index is 0.171. The standard InChI is InChI=1S/C32H41N3O4S/c1-5-7-21-33-32(37)30(22-26-13-9-8-10-14-26)34(23-27-19-17-25(3)18-20-27)31(36)24-35(40(4,38)39)29-16-12-11-15-28(29)6-2/h8-20,30H,5-7,21-24H2,1-4H3,(H,33,37)/t30-/m1/s1.